The molecular formula is C29H26N2O3S. The normalized spacial score (nSPS) is 11.3. The second-order valence-electron chi connectivity index (χ2n) is 7.86. The molecule has 4 aromatic carbocycles. The number of ether oxygens (including phenoxy) is 1. The summed E-state index contributed by atoms with van der Waals surface area (Å²) in [4.78, 5) is 26.7. The Kier molecular flexibility index (Phi) is 8.20. The van der Waals surface area contributed by atoms with Crippen LogP contribution in [-0.4, -0.2) is 18.9 Å². The zero-order chi connectivity index (χ0) is 24.5. The molecule has 1 unspecified atom stereocenters. The molecular weight excluding hydrogens is 456 g/mol. The van der Waals surface area contributed by atoms with Crippen LogP contribution in [0, 0.1) is 0 Å². The van der Waals surface area contributed by atoms with Crippen LogP contribution in [0.4, 0.5) is 11.4 Å². The molecule has 1 atom stereocenters. The van der Waals surface area contributed by atoms with Crippen molar-refractivity contribution in [2.45, 2.75) is 16.6 Å². The van der Waals surface area contributed by atoms with E-state index in [1.807, 2.05) is 109 Å². The van der Waals surface area contributed by atoms with Gasteiger partial charge in [0.15, 0.2) is 0 Å². The van der Waals surface area contributed by atoms with Gasteiger partial charge in [0.2, 0.25) is 11.8 Å². The van der Waals surface area contributed by atoms with Gasteiger partial charge in [0, 0.05) is 16.3 Å². The minimum atomic E-state index is -0.478. The predicted molar refractivity (Wildman–Crippen MR) is 142 cm³/mol. The van der Waals surface area contributed by atoms with Gasteiger partial charge in [0.25, 0.3) is 0 Å². The van der Waals surface area contributed by atoms with Crippen LogP contribution < -0.4 is 15.4 Å². The molecule has 0 bridgehead atoms. The fourth-order valence-corrected chi connectivity index (χ4v) is 4.64. The van der Waals surface area contributed by atoms with Gasteiger partial charge in [0.05, 0.1) is 13.5 Å². The van der Waals surface area contributed by atoms with Crippen molar-refractivity contribution in [3.63, 3.8) is 0 Å². The number of carbonyl (C=O) groups excluding carboxylic acids is 2. The van der Waals surface area contributed by atoms with Crippen molar-refractivity contribution < 1.29 is 14.3 Å². The first kappa shape index (κ1) is 24.1. The van der Waals surface area contributed by atoms with E-state index in [0.29, 0.717) is 17.8 Å². The standard InChI is InChI=1S/C29H26N2O3S/c1-34-25-17-15-23(16-18-25)31-29(33)28(22-11-6-3-7-12-22)35-26-14-8-13-24(20-26)30-27(32)19-21-9-4-2-5-10-21/h2-18,20,28H,19H2,1H3,(H,30,32)(H,31,33). The number of hydrogen-bond acceptors (Lipinski definition) is 4. The van der Waals surface area contributed by atoms with Gasteiger partial charge in [-0.05, 0) is 53.6 Å². The summed E-state index contributed by atoms with van der Waals surface area (Å²) in [6, 6.07) is 34.1. The second kappa shape index (κ2) is 11.9. The van der Waals surface area contributed by atoms with Crippen LogP contribution in [0.15, 0.2) is 114 Å². The lowest BCUT2D eigenvalue weighted by molar-refractivity contribution is -0.116. The number of thioether (sulfide) groups is 1. The Morgan fingerprint density at radius 3 is 2.14 bits per heavy atom. The first-order valence-electron chi connectivity index (χ1n) is 11.2. The molecule has 0 fully saturated rings. The van der Waals surface area contributed by atoms with Gasteiger partial charge in [0.1, 0.15) is 11.0 Å². The van der Waals surface area contributed by atoms with Crippen molar-refractivity contribution in [3.8, 4) is 5.75 Å². The predicted octanol–water partition coefficient (Wildman–Crippen LogP) is 6.35. The fourth-order valence-electron chi connectivity index (χ4n) is 3.55. The maximum absolute atomic E-state index is 13.3. The van der Waals surface area contributed by atoms with E-state index in [0.717, 1.165) is 21.8 Å². The van der Waals surface area contributed by atoms with E-state index in [9.17, 15) is 9.59 Å². The number of benzene rings is 4. The highest BCUT2D eigenvalue weighted by molar-refractivity contribution is 8.00. The second-order valence-corrected chi connectivity index (χ2v) is 9.04. The Labute approximate surface area is 209 Å². The summed E-state index contributed by atoms with van der Waals surface area (Å²) >= 11 is 1.43. The number of carbonyl (C=O) groups is 2. The summed E-state index contributed by atoms with van der Waals surface area (Å²) < 4.78 is 5.19. The van der Waals surface area contributed by atoms with Crippen molar-refractivity contribution in [1.82, 2.24) is 0 Å². The van der Waals surface area contributed by atoms with Crippen LogP contribution in [0.3, 0.4) is 0 Å². The molecule has 176 valence electrons. The lowest BCUT2D eigenvalue weighted by atomic mass is 10.1. The van der Waals surface area contributed by atoms with Crippen LogP contribution in [0.25, 0.3) is 0 Å². The number of methoxy groups -OCH3 is 1. The summed E-state index contributed by atoms with van der Waals surface area (Å²) in [5.74, 6) is 0.503. The molecule has 2 N–H and O–H groups in total. The van der Waals surface area contributed by atoms with Gasteiger partial charge in [-0.15, -0.1) is 11.8 Å². The molecule has 5 nitrogen and oxygen atoms in total. The average Bonchev–Trinajstić information content (AvgIpc) is 2.89. The molecule has 35 heavy (non-hydrogen) atoms. The smallest absolute Gasteiger partial charge is 0.242 e. The molecule has 2 amide bonds. The number of nitrogens with one attached hydrogen (secondary N) is 2. The monoisotopic (exact) mass is 482 g/mol. The van der Waals surface area contributed by atoms with E-state index >= 15 is 0 Å². The lowest BCUT2D eigenvalue weighted by Crippen LogP contribution is -2.19. The minimum absolute atomic E-state index is 0.0878. The number of anilines is 2. The van der Waals surface area contributed by atoms with Crippen molar-refractivity contribution in [2.75, 3.05) is 17.7 Å². The zero-order valence-electron chi connectivity index (χ0n) is 19.3. The van der Waals surface area contributed by atoms with Gasteiger partial charge in [-0.1, -0.05) is 66.7 Å². The van der Waals surface area contributed by atoms with Crippen molar-refractivity contribution in [2.24, 2.45) is 0 Å². The molecule has 0 aliphatic heterocycles. The van der Waals surface area contributed by atoms with Crippen molar-refractivity contribution >= 4 is 35.0 Å². The van der Waals surface area contributed by atoms with E-state index in [2.05, 4.69) is 10.6 Å². The van der Waals surface area contributed by atoms with E-state index in [4.69, 9.17) is 4.74 Å². The Balaban J connectivity index is 1.48. The maximum atomic E-state index is 13.3. The summed E-state index contributed by atoms with van der Waals surface area (Å²) in [6.07, 6.45) is 0.301. The van der Waals surface area contributed by atoms with Crippen LogP contribution >= 0.6 is 11.8 Å². The number of amides is 2. The molecule has 0 spiro atoms. The summed E-state index contributed by atoms with van der Waals surface area (Å²) in [5, 5.41) is 5.48. The van der Waals surface area contributed by atoms with Crippen LogP contribution in [-0.2, 0) is 16.0 Å². The summed E-state index contributed by atoms with van der Waals surface area (Å²) in [6.45, 7) is 0. The first-order valence-corrected chi connectivity index (χ1v) is 12.1. The summed E-state index contributed by atoms with van der Waals surface area (Å²) in [5.41, 5.74) is 3.23. The molecule has 0 heterocycles. The summed E-state index contributed by atoms with van der Waals surface area (Å²) in [7, 11) is 1.61. The lowest BCUT2D eigenvalue weighted by Gasteiger charge is -2.18. The van der Waals surface area contributed by atoms with Gasteiger partial charge in [-0.3, -0.25) is 9.59 Å². The number of hydrogen-bond donors (Lipinski definition) is 2. The Bertz CT molecular complexity index is 1260. The first-order chi connectivity index (χ1) is 17.1. The quantitative estimate of drug-likeness (QED) is 0.273. The van der Waals surface area contributed by atoms with E-state index in [1.54, 1.807) is 7.11 Å². The Morgan fingerprint density at radius 2 is 1.46 bits per heavy atom. The van der Waals surface area contributed by atoms with Gasteiger partial charge < -0.3 is 15.4 Å². The molecule has 0 radical (unpaired) electrons. The number of rotatable bonds is 9. The minimum Gasteiger partial charge on any atom is -0.497 e. The Hall–Kier alpha value is -4.03. The Morgan fingerprint density at radius 1 is 0.771 bits per heavy atom. The highest BCUT2D eigenvalue weighted by atomic mass is 32.2. The molecule has 0 aliphatic rings. The SMILES string of the molecule is COc1ccc(NC(=O)C(Sc2cccc(NC(=O)Cc3ccccc3)c2)c2ccccc2)cc1. The fraction of sp³-hybridized carbons (Fsp3) is 0.103. The molecule has 0 aromatic heterocycles. The third-order valence-corrected chi connectivity index (χ3v) is 6.53. The largest absolute Gasteiger partial charge is 0.497 e. The van der Waals surface area contributed by atoms with Gasteiger partial charge in [-0.25, -0.2) is 0 Å². The molecule has 6 heteroatoms. The van der Waals surface area contributed by atoms with Gasteiger partial charge in [-0.2, -0.15) is 0 Å². The van der Waals surface area contributed by atoms with Gasteiger partial charge >= 0.3 is 0 Å². The van der Waals surface area contributed by atoms with Crippen LogP contribution in [0.5, 0.6) is 5.75 Å². The maximum Gasteiger partial charge on any atom is 0.242 e. The van der Waals surface area contributed by atoms with Crippen molar-refractivity contribution in [1.29, 1.82) is 0 Å². The van der Waals surface area contributed by atoms with Crippen LogP contribution in [0.2, 0.25) is 0 Å². The highest BCUT2D eigenvalue weighted by Gasteiger charge is 2.22. The van der Waals surface area contributed by atoms with E-state index in [1.165, 1.54) is 11.8 Å². The third kappa shape index (κ3) is 6.98. The zero-order valence-corrected chi connectivity index (χ0v) is 20.1. The topological polar surface area (TPSA) is 67.4 Å². The average molecular weight is 483 g/mol. The van der Waals surface area contributed by atoms with Crippen LogP contribution in [0.1, 0.15) is 16.4 Å². The van der Waals surface area contributed by atoms with E-state index < -0.39 is 5.25 Å². The molecule has 4 rings (SSSR count). The third-order valence-electron chi connectivity index (χ3n) is 5.28. The molecule has 0 saturated heterocycles. The van der Waals surface area contributed by atoms with Crippen molar-refractivity contribution in [3.05, 3.63) is 120 Å². The highest BCUT2D eigenvalue weighted by Crippen LogP contribution is 2.37. The molecule has 4 aromatic rings. The molecule has 0 aliphatic carbocycles. The molecule has 0 saturated carbocycles. The van der Waals surface area contributed by atoms with E-state index in [-0.39, 0.29) is 11.8 Å².